The van der Waals surface area contributed by atoms with Crippen LogP contribution in [0.25, 0.3) is 0 Å². The number of aromatic nitrogens is 1. The van der Waals surface area contributed by atoms with Crippen LogP contribution in [-0.2, 0) is 0 Å². The molecule has 2 aromatic rings. The predicted molar refractivity (Wildman–Crippen MR) is 90.1 cm³/mol. The number of hydrogen-bond donors (Lipinski definition) is 1. The van der Waals surface area contributed by atoms with E-state index in [-0.39, 0.29) is 12.0 Å². The quantitative estimate of drug-likeness (QED) is 0.787. The number of nitrogens with one attached hydrogen (secondary N) is 1. The van der Waals surface area contributed by atoms with Crippen LogP contribution in [0.1, 0.15) is 43.4 Å². The van der Waals surface area contributed by atoms with E-state index < -0.39 is 0 Å². The van der Waals surface area contributed by atoms with Crippen LogP contribution in [0.15, 0.2) is 42.7 Å². The van der Waals surface area contributed by atoms with Gasteiger partial charge in [-0.05, 0) is 42.3 Å². The Hall–Kier alpha value is -1.09. The molecule has 1 aromatic carbocycles. The van der Waals surface area contributed by atoms with E-state index in [1.807, 2.05) is 42.7 Å². The number of hydrogen-bond acceptors (Lipinski definition) is 2. The van der Waals surface area contributed by atoms with Crippen molar-refractivity contribution in [3.8, 4) is 0 Å². The summed E-state index contributed by atoms with van der Waals surface area (Å²) in [6.07, 6.45) is 4.71. The minimum absolute atomic E-state index is 0.124. The molecule has 0 spiro atoms. The Morgan fingerprint density at radius 3 is 2.52 bits per heavy atom. The first-order valence-electron chi connectivity index (χ1n) is 7.22. The van der Waals surface area contributed by atoms with E-state index in [0.717, 1.165) is 18.5 Å². The van der Waals surface area contributed by atoms with Crippen molar-refractivity contribution >= 4 is 23.2 Å². The summed E-state index contributed by atoms with van der Waals surface area (Å²) in [6.45, 7) is 5.28. The van der Waals surface area contributed by atoms with Crippen molar-refractivity contribution in [2.75, 3.05) is 6.54 Å². The molecular weight excluding hydrogens is 303 g/mol. The van der Waals surface area contributed by atoms with Crippen molar-refractivity contribution in [1.82, 2.24) is 10.3 Å². The van der Waals surface area contributed by atoms with Gasteiger partial charge in [0, 0.05) is 24.4 Å². The zero-order valence-corrected chi connectivity index (χ0v) is 13.8. The molecule has 1 aromatic heterocycles. The predicted octanol–water partition coefficient (Wildman–Crippen LogP) is 5.23. The van der Waals surface area contributed by atoms with E-state index in [0.29, 0.717) is 10.0 Å². The summed E-state index contributed by atoms with van der Waals surface area (Å²) >= 11 is 12.6. The molecule has 0 aliphatic carbocycles. The van der Waals surface area contributed by atoms with Gasteiger partial charge >= 0.3 is 0 Å². The maximum atomic E-state index is 6.41. The summed E-state index contributed by atoms with van der Waals surface area (Å²) < 4.78 is 0. The van der Waals surface area contributed by atoms with Crippen molar-refractivity contribution in [3.63, 3.8) is 0 Å². The second-order valence-electron chi connectivity index (χ2n) is 5.14. The molecule has 2 unspecified atom stereocenters. The summed E-state index contributed by atoms with van der Waals surface area (Å²) in [5.41, 5.74) is 2.27. The van der Waals surface area contributed by atoms with Crippen LogP contribution in [0.5, 0.6) is 0 Å². The highest BCUT2D eigenvalue weighted by molar-refractivity contribution is 6.42. The van der Waals surface area contributed by atoms with Crippen LogP contribution in [0.4, 0.5) is 0 Å². The second kappa shape index (κ2) is 7.79. The Morgan fingerprint density at radius 1 is 1.14 bits per heavy atom. The van der Waals surface area contributed by atoms with Gasteiger partial charge in [0.2, 0.25) is 0 Å². The molecule has 0 radical (unpaired) electrons. The standard InChI is InChI=1S/C17H20Cl2N2/c1-3-9-21-17(12(2)13-7-10-20-11-8-13)14-5-4-6-15(18)16(14)19/h4-8,10-12,17,21H,3,9H2,1-2H3. The van der Waals surface area contributed by atoms with Gasteiger partial charge in [-0.25, -0.2) is 0 Å². The third kappa shape index (κ3) is 3.97. The van der Waals surface area contributed by atoms with Crippen molar-refractivity contribution < 1.29 is 0 Å². The number of nitrogens with zero attached hydrogens (tertiary/aromatic N) is 1. The monoisotopic (exact) mass is 322 g/mol. The van der Waals surface area contributed by atoms with E-state index in [1.165, 1.54) is 5.56 Å². The molecule has 112 valence electrons. The van der Waals surface area contributed by atoms with Crippen LogP contribution >= 0.6 is 23.2 Å². The third-order valence-corrected chi connectivity index (χ3v) is 4.50. The average molecular weight is 323 g/mol. The van der Waals surface area contributed by atoms with Crippen LogP contribution in [0.2, 0.25) is 10.0 Å². The van der Waals surface area contributed by atoms with E-state index in [9.17, 15) is 0 Å². The molecule has 0 amide bonds. The molecule has 2 rings (SSSR count). The number of rotatable bonds is 6. The Bertz CT molecular complexity index is 572. The van der Waals surface area contributed by atoms with Crippen LogP contribution in [-0.4, -0.2) is 11.5 Å². The van der Waals surface area contributed by atoms with E-state index in [4.69, 9.17) is 23.2 Å². The fraction of sp³-hybridized carbons (Fsp3) is 0.353. The summed E-state index contributed by atoms with van der Waals surface area (Å²) in [5.74, 6) is 0.274. The SMILES string of the molecule is CCCNC(c1cccc(Cl)c1Cl)C(C)c1ccncc1. The summed E-state index contributed by atoms with van der Waals surface area (Å²) in [7, 11) is 0. The van der Waals surface area contributed by atoms with Gasteiger partial charge in [-0.3, -0.25) is 4.98 Å². The van der Waals surface area contributed by atoms with E-state index >= 15 is 0 Å². The number of halogens is 2. The molecule has 4 heteroatoms. The lowest BCUT2D eigenvalue weighted by Crippen LogP contribution is -2.27. The maximum absolute atomic E-state index is 6.41. The van der Waals surface area contributed by atoms with Crippen molar-refractivity contribution in [2.24, 2.45) is 0 Å². The first kappa shape index (κ1) is 16.3. The first-order chi connectivity index (χ1) is 10.1. The smallest absolute Gasteiger partial charge is 0.0640 e. The zero-order chi connectivity index (χ0) is 15.2. The molecule has 1 N–H and O–H groups in total. The van der Waals surface area contributed by atoms with Crippen LogP contribution < -0.4 is 5.32 Å². The molecule has 0 saturated heterocycles. The lowest BCUT2D eigenvalue weighted by Gasteiger charge is -2.27. The van der Waals surface area contributed by atoms with Gasteiger partial charge < -0.3 is 5.32 Å². The van der Waals surface area contributed by atoms with Gasteiger partial charge in [-0.2, -0.15) is 0 Å². The second-order valence-corrected chi connectivity index (χ2v) is 5.93. The normalized spacial score (nSPS) is 13.9. The Balaban J connectivity index is 2.36. The molecule has 21 heavy (non-hydrogen) atoms. The molecule has 0 bridgehead atoms. The highest BCUT2D eigenvalue weighted by Gasteiger charge is 2.23. The van der Waals surface area contributed by atoms with Crippen molar-refractivity contribution in [2.45, 2.75) is 32.2 Å². The lowest BCUT2D eigenvalue weighted by molar-refractivity contribution is 0.466. The Kier molecular flexibility index (Phi) is 6.04. The van der Waals surface area contributed by atoms with Crippen molar-refractivity contribution in [1.29, 1.82) is 0 Å². The molecule has 2 nitrogen and oxygen atoms in total. The first-order valence-corrected chi connectivity index (χ1v) is 7.98. The van der Waals surface area contributed by atoms with Gasteiger partial charge in [0.1, 0.15) is 0 Å². The van der Waals surface area contributed by atoms with Gasteiger partial charge in [-0.15, -0.1) is 0 Å². The highest BCUT2D eigenvalue weighted by Crippen LogP contribution is 2.37. The molecular formula is C17H20Cl2N2. The summed E-state index contributed by atoms with van der Waals surface area (Å²) in [5, 5.41) is 4.82. The molecule has 2 atom stereocenters. The summed E-state index contributed by atoms with van der Waals surface area (Å²) in [4.78, 5) is 4.09. The Morgan fingerprint density at radius 2 is 1.86 bits per heavy atom. The minimum Gasteiger partial charge on any atom is -0.309 e. The molecule has 0 saturated carbocycles. The number of benzene rings is 1. The minimum atomic E-state index is 0.124. The fourth-order valence-corrected chi connectivity index (χ4v) is 2.90. The van der Waals surface area contributed by atoms with Gasteiger partial charge in [0.15, 0.2) is 0 Å². The fourth-order valence-electron chi connectivity index (χ4n) is 2.48. The molecule has 0 aliphatic heterocycles. The van der Waals surface area contributed by atoms with Crippen molar-refractivity contribution in [3.05, 3.63) is 63.9 Å². The highest BCUT2D eigenvalue weighted by atomic mass is 35.5. The van der Waals surface area contributed by atoms with Crippen LogP contribution in [0.3, 0.4) is 0 Å². The van der Waals surface area contributed by atoms with Gasteiger partial charge in [0.05, 0.1) is 10.0 Å². The van der Waals surface area contributed by atoms with Gasteiger partial charge in [0.25, 0.3) is 0 Å². The maximum Gasteiger partial charge on any atom is 0.0640 e. The van der Waals surface area contributed by atoms with E-state index in [2.05, 4.69) is 24.1 Å². The van der Waals surface area contributed by atoms with E-state index in [1.54, 1.807) is 0 Å². The Labute approximate surface area is 136 Å². The topological polar surface area (TPSA) is 24.9 Å². The molecule has 0 fully saturated rings. The van der Waals surface area contributed by atoms with Crippen LogP contribution in [0, 0.1) is 0 Å². The zero-order valence-electron chi connectivity index (χ0n) is 12.3. The summed E-state index contributed by atoms with van der Waals surface area (Å²) in [6, 6.07) is 10.0. The molecule has 1 heterocycles. The van der Waals surface area contributed by atoms with Gasteiger partial charge in [-0.1, -0.05) is 49.2 Å². The molecule has 0 aliphatic rings. The largest absolute Gasteiger partial charge is 0.309 e. The average Bonchev–Trinajstić information content (AvgIpc) is 2.52. The third-order valence-electron chi connectivity index (χ3n) is 3.66. The number of pyridine rings is 1. The lowest BCUT2D eigenvalue weighted by atomic mass is 9.89.